The van der Waals surface area contributed by atoms with E-state index in [1.54, 1.807) is 7.11 Å². The Balaban J connectivity index is 1.16. The van der Waals surface area contributed by atoms with Crippen molar-refractivity contribution < 1.29 is 14.6 Å². The molecule has 1 unspecified atom stereocenters. The Morgan fingerprint density at radius 2 is 2.00 bits per heavy atom. The Hall–Kier alpha value is -2.65. The van der Waals surface area contributed by atoms with Crippen molar-refractivity contribution in [3.63, 3.8) is 0 Å². The molecular weight excluding hydrogens is 420 g/mol. The van der Waals surface area contributed by atoms with Gasteiger partial charge in [-0.3, -0.25) is 14.4 Å². The number of carbonyl (C=O) groups excluding carboxylic acids is 1. The molecule has 4 fully saturated rings. The van der Waals surface area contributed by atoms with Gasteiger partial charge in [0.15, 0.2) is 0 Å². The monoisotopic (exact) mass is 454 g/mol. The van der Waals surface area contributed by atoms with Crippen molar-refractivity contribution in [2.24, 2.45) is 11.8 Å². The lowest BCUT2D eigenvalue weighted by Gasteiger charge is -2.50. The molecule has 2 aromatic rings. The van der Waals surface area contributed by atoms with E-state index in [0.717, 1.165) is 75.8 Å². The third-order valence-corrected chi connectivity index (χ3v) is 7.56. The standard InChI is InChI=1S/C24H34N6O3/c1-33-23-5-3-2-4-22(23)27-9-11-28(12-10-27)24(32)21-17-29-8-6-18(21)14-20(29)16-30-15-19(7-13-31)25-26-30/h2-5,15,18,20-21,31H,6-14,16-17H2,1H3/t18-,20+,21-/m0/s1. The lowest BCUT2D eigenvalue weighted by Crippen LogP contribution is -2.60. The number of aliphatic hydroxyl groups excluding tert-OH is 1. The number of benzene rings is 1. The molecule has 0 spiro atoms. The predicted molar refractivity (Wildman–Crippen MR) is 124 cm³/mol. The minimum Gasteiger partial charge on any atom is -0.495 e. The first-order valence-corrected chi connectivity index (χ1v) is 12.1. The van der Waals surface area contributed by atoms with Crippen LogP contribution in [0, 0.1) is 11.8 Å². The number of piperidine rings is 3. The van der Waals surface area contributed by atoms with E-state index in [2.05, 4.69) is 31.1 Å². The first-order valence-electron chi connectivity index (χ1n) is 12.1. The van der Waals surface area contributed by atoms with Crippen LogP contribution in [0.5, 0.6) is 5.75 Å². The maximum atomic E-state index is 13.5. The number of carbonyl (C=O) groups is 1. The fourth-order valence-electron chi connectivity index (χ4n) is 5.77. The summed E-state index contributed by atoms with van der Waals surface area (Å²) in [4.78, 5) is 20.3. The second-order valence-corrected chi connectivity index (χ2v) is 9.43. The largest absolute Gasteiger partial charge is 0.495 e. The van der Waals surface area contributed by atoms with Crippen LogP contribution in [-0.2, 0) is 17.8 Å². The first kappa shape index (κ1) is 22.2. The highest BCUT2D eigenvalue weighted by atomic mass is 16.5. The molecule has 33 heavy (non-hydrogen) atoms. The number of ether oxygens (including phenoxy) is 1. The van der Waals surface area contributed by atoms with Crippen LogP contribution in [-0.4, -0.2) is 94.8 Å². The molecule has 2 bridgehead atoms. The zero-order valence-electron chi connectivity index (χ0n) is 19.3. The summed E-state index contributed by atoms with van der Waals surface area (Å²) in [5.74, 6) is 1.76. The fraction of sp³-hybridized carbons (Fsp3) is 0.625. The van der Waals surface area contributed by atoms with Crippen molar-refractivity contribution in [1.29, 1.82) is 0 Å². The zero-order chi connectivity index (χ0) is 22.8. The number of hydrogen-bond donors (Lipinski definition) is 1. The number of methoxy groups -OCH3 is 1. The van der Waals surface area contributed by atoms with Crippen LogP contribution in [0.4, 0.5) is 5.69 Å². The molecule has 1 N–H and O–H groups in total. The summed E-state index contributed by atoms with van der Waals surface area (Å²) in [6.07, 6.45) is 4.61. The fourth-order valence-corrected chi connectivity index (χ4v) is 5.77. The molecular formula is C24H34N6O3. The normalized spacial score (nSPS) is 27.1. The van der Waals surface area contributed by atoms with Gasteiger partial charge in [0.05, 0.1) is 31.0 Å². The second-order valence-electron chi connectivity index (χ2n) is 9.43. The topological polar surface area (TPSA) is 87.0 Å². The third kappa shape index (κ3) is 4.56. The second kappa shape index (κ2) is 9.69. The number of aromatic nitrogens is 3. The van der Waals surface area contributed by atoms with E-state index < -0.39 is 0 Å². The van der Waals surface area contributed by atoms with Crippen LogP contribution in [0.1, 0.15) is 18.5 Å². The molecule has 6 rings (SSSR count). The number of anilines is 1. The van der Waals surface area contributed by atoms with Crippen molar-refractivity contribution in [2.75, 3.05) is 57.9 Å². The number of nitrogens with zero attached hydrogens (tertiary/aromatic N) is 6. The van der Waals surface area contributed by atoms with Gasteiger partial charge in [-0.25, -0.2) is 0 Å². The molecule has 5 heterocycles. The van der Waals surface area contributed by atoms with Gasteiger partial charge in [-0.2, -0.15) is 0 Å². The third-order valence-electron chi connectivity index (χ3n) is 7.56. The first-order chi connectivity index (χ1) is 16.2. The van der Waals surface area contributed by atoms with Crippen molar-refractivity contribution in [3.05, 3.63) is 36.2 Å². The van der Waals surface area contributed by atoms with Gasteiger partial charge in [-0.15, -0.1) is 5.10 Å². The molecule has 9 nitrogen and oxygen atoms in total. The van der Waals surface area contributed by atoms with Gasteiger partial charge in [0, 0.05) is 58.0 Å². The quantitative estimate of drug-likeness (QED) is 0.665. The molecule has 4 saturated heterocycles. The number of rotatable bonds is 7. The van der Waals surface area contributed by atoms with Crippen LogP contribution in [0.3, 0.4) is 0 Å². The van der Waals surface area contributed by atoms with E-state index in [0.29, 0.717) is 24.3 Å². The van der Waals surface area contributed by atoms with Crippen LogP contribution < -0.4 is 9.64 Å². The van der Waals surface area contributed by atoms with E-state index in [-0.39, 0.29) is 12.5 Å². The summed E-state index contributed by atoms with van der Waals surface area (Å²) in [6, 6.07) is 8.50. The lowest BCUT2D eigenvalue weighted by atomic mass is 9.75. The molecule has 4 aliphatic heterocycles. The number of aliphatic hydroxyl groups is 1. The maximum Gasteiger partial charge on any atom is 0.227 e. The van der Waals surface area contributed by atoms with Crippen LogP contribution in [0.15, 0.2) is 30.5 Å². The van der Waals surface area contributed by atoms with Gasteiger partial charge < -0.3 is 19.6 Å². The molecule has 9 heteroatoms. The molecule has 0 aliphatic carbocycles. The highest BCUT2D eigenvalue weighted by molar-refractivity contribution is 5.80. The number of para-hydroxylation sites is 2. The van der Waals surface area contributed by atoms with Crippen molar-refractivity contribution in [1.82, 2.24) is 24.8 Å². The van der Waals surface area contributed by atoms with Gasteiger partial charge in [0.2, 0.25) is 5.91 Å². The summed E-state index contributed by atoms with van der Waals surface area (Å²) >= 11 is 0. The van der Waals surface area contributed by atoms with E-state index in [1.807, 2.05) is 29.1 Å². The Kier molecular flexibility index (Phi) is 6.50. The van der Waals surface area contributed by atoms with Gasteiger partial charge in [-0.1, -0.05) is 17.3 Å². The molecule has 178 valence electrons. The molecule has 0 saturated carbocycles. The highest BCUT2D eigenvalue weighted by Crippen LogP contribution is 2.38. The number of piperazine rings is 1. The summed E-state index contributed by atoms with van der Waals surface area (Å²) in [7, 11) is 1.70. The average molecular weight is 455 g/mol. The van der Waals surface area contributed by atoms with Crippen LogP contribution in [0.25, 0.3) is 0 Å². The Bertz CT molecular complexity index is 957. The predicted octanol–water partition coefficient (Wildman–Crippen LogP) is 0.881. The van der Waals surface area contributed by atoms with Gasteiger partial charge in [0.25, 0.3) is 0 Å². The molecule has 0 radical (unpaired) electrons. The Morgan fingerprint density at radius 1 is 1.18 bits per heavy atom. The number of fused-ring (bicyclic) bond motifs is 3. The SMILES string of the molecule is COc1ccccc1N1CCN(C(=O)[C@H]2CN3CC[C@H]2C[C@@H]3Cn2cc(CCO)nn2)CC1. The number of amides is 1. The summed E-state index contributed by atoms with van der Waals surface area (Å²) in [5.41, 5.74) is 1.93. The average Bonchev–Trinajstić information content (AvgIpc) is 3.31. The summed E-state index contributed by atoms with van der Waals surface area (Å²) in [6.45, 7) is 5.97. The van der Waals surface area contributed by atoms with E-state index >= 15 is 0 Å². The zero-order valence-corrected chi connectivity index (χ0v) is 19.3. The Labute approximate surface area is 194 Å². The highest BCUT2D eigenvalue weighted by Gasteiger charge is 2.44. The van der Waals surface area contributed by atoms with Crippen molar-refractivity contribution >= 4 is 11.6 Å². The van der Waals surface area contributed by atoms with Gasteiger partial charge in [0.1, 0.15) is 5.75 Å². The Morgan fingerprint density at radius 3 is 2.73 bits per heavy atom. The van der Waals surface area contributed by atoms with E-state index in [1.165, 1.54) is 0 Å². The minimum atomic E-state index is 0.0905. The van der Waals surface area contributed by atoms with Crippen LogP contribution in [0.2, 0.25) is 0 Å². The van der Waals surface area contributed by atoms with E-state index in [4.69, 9.17) is 9.84 Å². The molecule has 4 aliphatic rings. The maximum absolute atomic E-state index is 13.5. The van der Waals surface area contributed by atoms with Crippen LogP contribution >= 0.6 is 0 Å². The minimum absolute atomic E-state index is 0.0905. The van der Waals surface area contributed by atoms with Crippen molar-refractivity contribution in [3.8, 4) is 5.75 Å². The summed E-state index contributed by atoms with van der Waals surface area (Å²) in [5, 5.41) is 17.5. The lowest BCUT2D eigenvalue weighted by molar-refractivity contribution is -0.144. The van der Waals surface area contributed by atoms with Crippen molar-refractivity contribution in [2.45, 2.75) is 31.8 Å². The summed E-state index contributed by atoms with van der Waals surface area (Å²) < 4.78 is 7.41. The molecule has 4 atom stereocenters. The number of hydrogen-bond acceptors (Lipinski definition) is 7. The molecule has 1 amide bonds. The molecule has 1 aromatic heterocycles. The van der Waals surface area contributed by atoms with Gasteiger partial charge >= 0.3 is 0 Å². The van der Waals surface area contributed by atoms with E-state index in [9.17, 15) is 4.79 Å². The smallest absolute Gasteiger partial charge is 0.227 e. The molecule has 1 aromatic carbocycles. The van der Waals surface area contributed by atoms with Gasteiger partial charge in [-0.05, 0) is 37.4 Å².